The van der Waals surface area contributed by atoms with Gasteiger partial charge in [0, 0.05) is 48.7 Å². The zero-order valence-electron chi connectivity index (χ0n) is 19.5. The Morgan fingerprint density at radius 1 is 0.853 bits per heavy atom. The molecule has 34 heavy (non-hydrogen) atoms. The molecule has 4 rings (SSSR count). The zero-order chi connectivity index (χ0) is 23.9. The van der Waals surface area contributed by atoms with E-state index in [2.05, 4.69) is 10.2 Å². The second-order valence-corrected chi connectivity index (χ2v) is 7.97. The van der Waals surface area contributed by atoms with Crippen LogP contribution in [0, 0.1) is 0 Å². The normalized spacial score (nSPS) is 13.4. The van der Waals surface area contributed by atoms with Gasteiger partial charge in [-0.1, -0.05) is 6.07 Å². The van der Waals surface area contributed by atoms with Crippen molar-refractivity contribution in [3.05, 3.63) is 83.9 Å². The first kappa shape index (κ1) is 23.2. The molecule has 0 unspecified atom stereocenters. The number of carbonyl (C=O) groups is 2. The predicted octanol–water partition coefficient (Wildman–Crippen LogP) is 4.31. The van der Waals surface area contributed by atoms with Gasteiger partial charge < -0.3 is 24.6 Å². The summed E-state index contributed by atoms with van der Waals surface area (Å²) in [4.78, 5) is 29.5. The molecule has 1 aliphatic heterocycles. The van der Waals surface area contributed by atoms with Gasteiger partial charge in [-0.2, -0.15) is 0 Å². The number of ether oxygens (including phenoxy) is 2. The van der Waals surface area contributed by atoms with Gasteiger partial charge in [0.15, 0.2) is 0 Å². The highest BCUT2D eigenvalue weighted by molar-refractivity contribution is 6.04. The van der Waals surface area contributed by atoms with Gasteiger partial charge in [0.1, 0.15) is 11.5 Å². The Balaban J connectivity index is 1.31. The van der Waals surface area contributed by atoms with Crippen LogP contribution in [0.5, 0.6) is 11.5 Å². The topological polar surface area (TPSA) is 71.1 Å². The summed E-state index contributed by atoms with van der Waals surface area (Å²) in [5.41, 5.74) is 3.01. The molecule has 0 spiro atoms. The summed E-state index contributed by atoms with van der Waals surface area (Å²) in [6.07, 6.45) is 0. The molecule has 176 valence electrons. The van der Waals surface area contributed by atoms with E-state index in [1.807, 2.05) is 48.2 Å². The Morgan fingerprint density at radius 2 is 1.56 bits per heavy atom. The van der Waals surface area contributed by atoms with Crippen LogP contribution in [0.3, 0.4) is 0 Å². The van der Waals surface area contributed by atoms with Crippen molar-refractivity contribution >= 4 is 23.2 Å². The van der Waals surface area contributed by atoms with E-state index in [1.165, 1.54) is 0 Å². The molecule has 1 saturated heterocycles. The van der Waals surface area contributed by atoms with E-state index >= 15 is 0 Å². The average molecular weight is 460 g/mol. The molecule has 0 aliphatic carbocycles. The number of amides is 2. The third-order valence-corrected chi connectivity index (χ3v) is 5.80. The SMILES string of the molecule is CCOc1cccc(C(=O)Nc2ccc(N3CCN(C(=O)c4ccc(OC)cc4)CC3)cc2)c1. The van der Waals surface area contributed by atoms with Crippen molar-refractivity contribution in [2.45, 2.75) is 6.92 Å². The van der Waals surface area contributed by atoms with E-state index in [0.717, 1.165) is 30.2 Å². The van der Waals surface area contributed by atoms with Crippen LogP contribution in [0.1, 0.15) is 27.6 Å². The molecular formula is C27H29N3O4. The van der Waals surface area contributed by atoms with E-state index in [0.29, 0.717) is 36.6 Å². The van der Waals surface area contributed by atoms with Crippen molar-refractivity contribution in [1.29, 1.82) is 0 Å². The fourth-order valence-corrected chi connectivity index (χ4v) is 3.94. The van der Waals surface area contributed by atoms with E-state index in [4.69, 9.17) is 9.47 Å². The van der Waals surface area contributed by atoms with Crippen molar-refractivity contribution < 1.29 is 19.1 Å². The maximum absolute atomic E-state index is 12.8. The van der Waals surface area contributed by atoms with Crippen molar-refractivity contribution in [1.82, 2.24) is 4.90 Å². The smallest absolute Gasteiger partial charge is 0.255 e. The highest BCUT2D eigenvalue weighted by Gasteiger charge is 2.22. The Hall–Kier alpha value is -4.00. The van der Waals surface area contributed by atoms with Gasteiger partial charge in [0.25, 0.3) is 11.8 Å². The summed E-state index contributed by atoms with van der Waals surface area (Å²) in [6.45, 7) is 5.26. The minimum absolute atomic E-state index is 0.0359. The molecule has 1 fully saturated rings. The van der Waals surface area contributed by atoms with Crippen LogP contribution in [0.25, 0.3) is 0 Å². The lowest BCUT2D eigenvalue weighted by Crippen LogP contribution is -2.48. The van der Waals surface area contributed by atoms with Gasteiger partial charge in [-0.15, -0.1) is 0 Å². The van der Waals surface area contributed by atoms with Gasteiger partial charge in [-0.05, 0) is 73.7 Å². The first-order chi connectivity index (χ1) is 16.6. The third-order valence-electron chi connectivity index (χ3n) is 5.80. The van der Waals surface area contributed by atoms with E-state index in [9.17, 15) is 9.59 Å². The molecule has 0 saturated carbocycles. The number of carbonyl (C=O) groups excluding carboxylic acids is 2. The summed E-state index contributed by atoms with van der Waals surface area (Å²) >= 11 is 0. The Kier molecular flexibility index (Phi) is 7.32. The van der Waals surface area contributed by atoms with E-state index in [-0.39, 0.29) is 11.8 Å². The molecule has 0 aromatic heterocycles. The lowest BCUT2D eigenvalue weighted by atomic mass is 10.1. The Morgan fingerprint density at radius 3 is 2.21 bits per heavy atom. The largest absolute Gasteiger partial charge is 0.497 e. The predicted molar refractivity (Wildman–Crippen MR) is 133 cm³/mol. The quantitative estimate of drug-likeness (QED) is 0.570. The lowest BCUT2D eigenvalue weighted by molar-refractivity contribution is 0.0746. The maximum Gasteiger partial charge on any atom is 0.255 e. The molecule has 1 N–H and O–H groups in total. The Bertz CT molecular complexity index is 1120. The van der Waals surface area contributed by atoms with Crippen molar-refractivity contribution in [3.63, 3.8) is 0 Å². The standard InChI is InChI=1S/C27H29N3O4/c1-3-34-25-6-4-5-21(19-25)26(31)28-22-9-11-23(12-10-22)29-15-17-30(18-16-29)27(32)20-7-13-24(33-2)14-8-20/h4-14,19H,3,15-18H2,1-2H3,(H,28,31). The molecular weight excluding hydrogens is 430 g/mol. The molecule has 1 aliphatic rings. The molecule has 7 heteroatoms. The van der Waals surface area contributed by atoms with Crippen LogP contribution in [0.4, 0.5) is 11.4 Å². The van der Waals surface area contributed by atoms with Crippen LogP contribution in [-0.4, -0.2) is 56.6 Å². The number of piperazine rings is 1. The summed E-state index contributed by atoms with van der Waals surface area (Å²) in [6, 6.07) is 22.1. The van der Waals surface area contributed by atoms with Gasteiger partial charge in [0.05, 0.1) is 13.7 Å². The number of benzene rings is 3. The average Bonchev–Trinajstić information content (AvgIpc) is 2.89. The fourth-order valence-electron chi connectivity index (χ4n) is 3.94. The monoisotopic (exact) mass is 459 g/mol. The molecule has 7 nitrogen and oxygen atoms in total. The van der Waals surface area contributed by atoms with E-state index < -0.39 is 0 Å². The first-order valence-electron chi connectivity index (χ1n) is 11.4. The molecule has 3 aromatic rings. The summed E-state index contributed by atoms with van der Waals surface area (Å²) in [5, 5.41) is 2.93. The van der Waals surface area contributed by atoms with Crippen LogP contribution >= 0.6 is 0 Å². The molecule has 0 bridgehead atoms. The number of nitrogens with zero attached hydrogens (tertiary/aromatic N) is 2. The highest BCUT2D eigenvalue weighted by atomic mass is 16.5. The van der Waals surface area contributed by atoms with Crippen molar-refractivity contribution in [2.24, 2.45) is 0 Å². The fraction of sp³-hybridized carbons (Fsp3) is 0.259. The van der Waals surface area contributed by atoms with Gasteiger partial charge in [0.2, 0.25) is 0 Å². The summed E-state index contributed by atoms with van der Waals surface area (Å²) < 4.78 is 10.6. The lowest BCUT2D eigenvalue weighted by Gasteiger charge is -2.36. The number of methoxy groups -OCH3 is 1. The second-order valence-electron chi connectivity index (χ2n) is 7.97. The second kappa shape index (κ2) is 10.7. The van der Waals surface area contributed by atoms with Crippen LogP contribution < -0.4 is 19.7 Å². The van der Waals surface area contributed by atoms with Crippen LogP contribution in [0.2, 0.25) is 0 Å². The molecule has 2 amide bonds. The van der Waals surface area contributed by atoms with Crippen LogP contribution in [0.15, 0.2) is 72.8 Å². The maximum atomic E-state index is 12.8. The number of rotatable bonds is 7. The third kappa shape index (κ3) is 5.49. The molecule has 0 radical (unpaired) electrons. The number of anilines is 2. The number of hydrogen-bond donors (Lipinski definition) is 1. The summed E-state index contributed by atoms with van der Waals surface area (Å²) in [5.74, 6) is 1.27. The Labute approximate surface area is 199 Å². The molecule has 1 heterocycles. The number of hydrogen-bond acceptors (Lipinski definition) is 5. The highest BCUT2D eigenvalue weighted by Crippen LogP contribution is 2.22. The van der Waals surface area contributed by atoms with Gasteiger partial charge >= 0.3 is 0 Å². The molecule has 0 atom stereocenters. The zero-order valence-corrected chi connectivity index (χ0v) is 19.5. The minimum atomic E-state index is -0.181. The van der Waals surface area contributed by atoms with Crippen molar-refractivity contribution in [3.8, 4) is 11.5 Å². The first-order valence-corrected chi connectivity index (χ1v) is 11.4. The summed E-state index contributed by atoms with van der Waals surface area (Å²) in [7, 11) is 1.61. The van der Waals surface area contributed by atoms with E-state index in [1.54, 1.807) is 43.5 Å². The number of nitrogens with one attached hydrogen (secondary N) is 1. The van der Waals surface area contributed by atoms with Gasteiger partial charge in [-0.3, -0.25) is 9.59 Å². The van der Waals surface area contributed by atoms with Gasteiger partial charge in [-0.25, -0.2) is 0 Å². The minimum Gasteiger partial charge on any atom is -0.497 e. The van der Waals surface area contributed by atoms with Crippen LogP contribution in [-0.2, 0) is 0 Å². The van der Waals surface area contributed by atoms with Crippen molar-refractivity contribution in [2.75, 3.05) is 50.1 Å². The molecule has 3 aromatic carbocycles.